The monoisotopic (exact) mass is 456 g/mol. The highest BCUT2D eigenvalue weighted by Gasteiger charge is 2.06. The van der Waals surface area contributed by atoms with E-state index in [1.54, 1.807) is 34.7 Å². The van der Waals surface area contributed by atoms with Crippen LogP contribution in [0.5, 0.6) is 0 Å². The molecule has 1 aromatic carbocycles. The van der Waals surface area contributed by atoms with Crippen molar-refractivity contribution >= 4 is 55.8 Å². The SMILES string of the molecule is Cc1ccc(S(=O)(=O)O)cc1.O=S(=O)(Br)CI. The molecule has 0 fully saturated rings. The summed E-state index contributed by atoms with van der Waals surface area (Å²) >= 11 is 4.20. The molecule has 0 aliphatic heterocycles. The Morgan fingerprint density at radius 3 is 1.76 bits per heavy atom. The summed E-state index contributed by atoms with van der Waals surface area (Å²) in [6, 6.07) is 5.99. The van der Waals surface area contributed by atoms with Crippen LogP contribution >= 0.6 is 37.4 Å². The largest absolute Gasteiger partial charge is 0.294 e. The van der Waals surface area contributed by atoms with E-state index >= 15 is 0 Å². The lowest BCUT2D eigenvalue weighted by Crippen LogP contribution is -1.96. The third-order valence-corrected chi connectivity index (χ3v) is 8.29. The minimum Gasteiger partial charge on any atom is -0.282 e. The van der Waals surface area contributed by atoms with Crippen LogP contribution in [0, 0.1) is 6.92 Å². The Hall–Kier alpha value is 0.290. The highest BCUT2D eigenvalue weighted by molar-refractivity contribution is 14.1. The van der Waals surface area contributed by atoms with Crippen molar-refractivity contribution in [3.05, 3.63) is 29.8 Å². The molecule has 0 unspecified atom stereocenters. The van der Waals surface area contributed by atoms with Gasteiger partial charge in [-0.15, -0.1) is 0 Å². The lowest BCUT2D eigenvalue weighted by Gasteiger charge is -1.95. The van der Waals surface area contributed by atoms with Crippen LogP contribution in [0.2, 0.25) is 0 Å². The van der Waals surface area contributed by atoms with Gasteiger partial charge >= 0.3 is 0 Å². The van der Waals surface area contributed by atoms with Crippen LogP contribution in [0.25, 0.3) is 0 Å². The summed E-state index contributed by atoms with van der Waals surface area (Å²) in [7, 11) is -6.88. The molecule has 0 atom stereocenters. The quantitative estimate of drug-likeness (QED) is 0.319. The maximum absolute atomic E-state index is 10.5. The number of benzene rings is 1. The fraction of sp³-hybridized carbons (Fsp3) is 0.250. The Morgan fingerprint density at radius 2 is 1.53 bits per heavy atom. The first kappa shape index (κ1) is 17.3. The highest BCUT2D eigenvalue weighted by Crippen LogP contribution is 2.08. The lowest BCUT2D eigenvalue weighted by molar-refractivity contribution is 0.483. The van der Waals surface area contributed by atoms with Crippen molar-refractivity contribution in [3.63, 3.8) is 0 Å². The van der Waals surface area contributed by atoms with Crippen LogP contribution in [0.15, 0.2) is 29.2 Å². The summed E-state index contributed by atoms with van der Waals surface area (Å²) in [6.07, 6.45) is 0. The van der Waals surface area contributed by atoms with E-state index in [1.807, 2.05) is 6.92 Å². The average molecular weight is 457 g/mol. The number of aryl methyl sites for hydroxylation is 1. The first-order valence-corrected chi connectivity index (χ1v) is 10.5. The fourth-order valence-corrected chi connectivity index (χ4v) is 1.19. The molecule has 9 heteroatoms. The fourth-order valence-electron chi connectivity index (χ4n) is 0.710. The van der Waals surface area contributed by atoms with Gasteiger partial charge in [-0.05, 0) is 19.1 Å². The van der Waals surface area contributed by atoms with Crippen LogP contribution in [0.1, 0.15) is 5.56 Å². The van der Waals surface area contributed by atoms with E-state index in [-0.39, 0.29) is 8.66 Å². The van der Waals surface area contributed by atoms with Gasteiger partial charge < -0.3 is 0 Å². The Labute approximate surface area is 122 Å². The second-order valence-electron chi connectivity index (χ2n) is 2.94. The number of hydrogen-bond donors (Lipinski definition) is 1. The van der Waals surface area contributed by atoms with Crippen molar-refractivity contribution in [1.82, 2.24) is 0 Å². The first-order valence-electron chi connectivity index (χ1n) is 4.08. The maximum Gasteiger partial charge on any atom is 0.294 e. The van der Waals surface area contributed by atoms with Crippen molar-refractivity contribution in [2.75, 3.05) is 3.76 Å². The first-order chi connectivity index (χ1) is 7.56. The smallest absolute Gasteiger partial charge is 0.282 e. The Kier molecular flexibility index (Phi) is 7.14. The van der Waals surface area contributed by atoms with E-state index in [9.17, 15) is 16.8 Å². The van der Waals surface area contributed by atoms with Gasteiger partial charge in [0.05, 0.1) is 19.7 Å². The van der Waals surface area contributed by atoms with Gasteiger partial charge in [0.1, 0.15) is 3.76 Å². The van der Waals surface area contributed by atoms with E-state index in [4.69, 9.17) is 4.55 Å². The van der Waals surface area contributed by atoms with Crippen LogP contribution in [0.3, 0.4) is 0 Å². The van der Waals surface area contributed by atoms with Crippen LogP contribution in [-0.4, -0.2) is 25.1 Å². The molecule has 0 saturated carbocycles. The molecule has 1 rings (SSSR count). The molecule has 0 saturated heterocycles. The third kappa shape index (κ3) is 8.94. The van der Waals surface area contributed by atoms with Crippen LogP contribution in [0.4, 0.5) is 0 Å². The lowest BCUT2D eigenvalue weighted by atomic mass is 10.2. The zero-order valence-corrected chi connectivity index (χ0v) is 14.0. The topological polar surface area (TPSA) is 88.5 Å². The molecular weight excluding hydrogens is 447 g/mol. The van der Waals surface area contributed by atoms with Gasteiger partial charge in [0.2, 0.25) is 8.27 Å². The summed E-state index contributed by atoms with van der Waals surface area (Å²) in [5.41, 5.74) is 0.956. The molecule has 0 bridgehead atoms. The summed E-state index contributed by atoms with van der Waals surface area (Å²) in [6.45, 7) is 1.84. The summed E-state index contributed by atoms with van der Waals surface area (Å²) in [4.78, 5) is -0.0666. The van der Waals surface area contributed by atoms with Crippen molar-refractivity contribution in [2.24, 2.45) is 0 Å². The molecule has 0 spiro atoms. The molecule has 0 aromatic heterocycles. The Balaban J connectivity index is 0.000000366. The maximum atomic E-state index is 10.5. The Bertz CT molecular complexity index is 550. The van der Waals surface area contributed by atoms with E-state index in [0.717, 1.165) is 5.56 Å². The number of alkyl halides is 1. The van der Waals surface area contributed by atoms with Gasteiger partial charge in [-0.25, -0.2) is 8.42 Å². The van der Waals surface area contributed by atoms with Gasteiger partial charge in [-0.3, -0.25) is 4.55 Å². The third-order valence-electron chi connectivity index (χ3n) is 1.45. The molecule has 1 N–H and O–H groups in total. The molecule has 1 aromatic rings. The van der Waals surface area contributed by atoms with Crippen molar-refractivity contribution in [3.8, 4) is 0 Å². The molecule has 0 radical (unpaired) electrons. The molecule has 0 amide bonds. The zero-order chi connectivity index (χ0) is 13.7. The Morgan fingerprint density at radius 1 is 1.18 bits per heavy atom. The zero-order valence-electron chi connectivity index (χ0n) is 8.67. The van der Waals surface area contributed by atoms with Gasteiger partial charge in [0, 0.05) is 0 Å². The molecule has 0 heterocycles. The van der Waals surface area contributed by atoms with Crippen molar-refractivity contribution < 1.29 is 21.4 Å². The van der Waals surface area contributed by atoms with E-state index < -0.39 is 18.4 Å². The second kappa shape index (κ2) is 7.02. The van der Waals surface area contributed by atoms with Gasteiger partial charge in [-0.2, -0.15) is 8.42 Å². The van der Waals surface area contributed by atoms with Crippen molar-refractivity contribution in [2.45, 2.75) is 11.8 Å². The molecule has 17 heavy (non-hydrogen) atoms. The number of hydrogen-bond acceptors (Lipinski definition) is 4. The predicted molar refractivity (Wildman–Crippen MR) is 77.7 cm³/mol. The standard InChI is InChI=1S/C7H8O3S.CH2BrIO2S/c1-6-2-4-7(5-3-6)11(8,9)10;2-6(4,5)1-3/h2-5H,1H3,(H,8,9,10);1H2. The molecule has 0 aliphatic carbocycles. The van der Waals surface area contributed by atoms with Crippen LogP contribution < -0.4 is 0 Å². The minimum atomic E-state index is -4.02. The molecule has 5 nitrogen and oxygen atoms in total. The summed E-state index contributed by atoms with van der Waals surface area (Å²) < 4.78 is 49.5. The van der Waals surface area contributed by atoms with Gasteiger partial charge in [-0.1, -0.05) is 40.3 Å². The predicted octanol–water partition coefficient (Wildman–Crippen LogP) is 2.35. The summed E-state index contributed by atoms with van der Waals surface area (Å²) in [5, 5.41) is 0. The molecule has 98 valence electrons. The van der Waals surface area contributed by atoms with E-state index in [1.165, 1.54) is 12.1 Å². The second-order valence-corrected chi connectivity index (χ2v) is 10.5. The van der Waals surface area contributed by atoms with E-state index in [0.29, 0.717) is 0 Å². The van der Waals surface area contributed by atoms with E-state index in [2.05, 4.69) is 14.8 Å². The summed E-state index contributed by atoms with van der Waals surface area (Å²) in [5.74, 6) is 0. The molecular formula is C8H10BrIO5S2. The van der Waals surface area contributed by atoms with Crippen molar-refractivity contribution in [1.29, 1.82) is 0 Å². The van der Waals surface area contributed by atoms with Gasteiger partial charge in [0.15, 0.2) is 0 Å². The minimum absolute atomic E-state index is 0.0666. The average Bonchev–Trinajstić information content (AvgIpc) is 2.17. The normalized spacial score (nSPS) is 11.5. The number of halogens is 2. The highest BCUT2D eigenvalue weighted by atomic mass is 127. The molecule has 0 aliphatic rings. The number of rotatable bonds is 2. The van der Waals surface area contributed by atoms with Crippen LogP contribution in [-0.2, 0) is 18.4 Å². The van der Waals surface area contributed by atoms with Gasteiger partial charge in [0.25, 0.3) is 10.1 Å².